The topological polar surface area (TPSA) is 89.3 Å². The summed E-state index contributed by atoms with van der Waals surface area (Å²) in [6, 6.07) is 9.55. The van der Waals surface area contributed by atoms with Crippen molar-refractivity contribution in [3.8, 4) is 10.6 Å². The van der Waals surface area contributed by atoms with Gasteiger partial charge in [0.1, 0.15) is 4.21 Å². The number of hydrogen-bond acceptors (Lipinski definition) is 6. The summed E-state index contributed by atoms with van der Waals surface area (Å²) >= 11 is 1.08. The molecule has 0 aliphatic heterocycles. The Morgan fingerprint density at radius 3 is 2.71 bits per heavy atom. The lowest BCUT2D eigenvalue weighted by molar-refractivity contribution is 0.101. The molecule has 0 saturated carbocycles. The van der Waals surface area contributed by atoms with Crippen LogP contribution in [0.4, 0.5) is 5.69 Å². The Morgan fingerprint density at radius 2 is 2.04 bits per heavy atom. The Bertz CT molecular complexity index is 1000. The van der Waals surface area contributed by atoms with E-state index < -0.39 is 10.0 Å². The van der Waals surface area contributed by atoms with Gasteiger partial charge < -0.3 is 4.42 Å². The van der Waals surface area contributed by atoms with Crippen LogP contribution in [-0.2, 0) is 10.0 Å². The van der Waals surface area contributed by atoms with E-state index in [2.05, 4.69) is 9.71 Å². The molecule has 2 aromatic heterocycles. The molecular weight excluding hydrogens is 348 g/mol. The summed E-state index contributed by atoms with van der Waals surface area (Å²) in [4.78, 5) is 16.1. The van der Waals surface area contributed by atoms with Gasteiger partial charge in [0, 0.05) is 18.2 Å². The molecule has 0 aliphatic rings. The second-order valence-corrected chi connectivity index (χ2v) is 8.10. The van der Waals surface area contributed by atoms with Gasteiger partial charge in [-0.25, -0.2) is 13.4 Å². The van der Waals surface area contributed by atoms with Crippen molar-refractivity contribution in [2.24, 2.45) is 0 Å². The number of nitrogens with one attached hydrogen (secondary N) is 1. The third-order valence-electron chi connectivity index (χ3n) is 3.23. The van der Waals surface area contributed by atoms with Gasteiger partial charge in [0.2, 0.25) is 0 Å². The summed E-state index contributed by atoms with van der Waals surface area (Å²) in [6.07, 6.45) is 1.56. The number of hydrogen-bond donors (Lipinski definition) is 1. The quantitative estimate of drug-likeness (QED) is 0.699. The van der Waals surface area contributed by atoms with E-state index in [0.717, 1.165) is 11.3 Å². The maximum atomic E-state index is 12.5. The number of thiophene rings is 1. The van der Waals surface area contributed by atoms with Crippen LogP contribution >= 0.6 is 11.3 Å². The number of anilines is 1. The monoisotopic (exact) mass is 362 g/mol. The van der Waals surface area contributed by atoms with E-state index in [4.69, 9.17) is 4.42 Å². The van der Waals surface area contributed by atoms with Gasteiger partial charge in [-0.15, -0.1) is 11.3 Å². The number of rotatable bonds is 5. The van der Waals surface area contributed by atoms with Gasteiger partial charge in [0.25, 0.3) is 10.0 Å². The third-order valence-corrected chi connectivity index (χ3v) is 6.20. The molecule has 1 N–H and O–H groups in total. The number of aryl methyl sites for hydroxylation is 1. The molecule has 6 nitrogen and oxygen atoms in total. The van der Waals surface area contributed by atoms with Gasteiger partial charge in [-0.1, -0.05) is 12.1 Å². The molecule has 0 unspecified atom stereocenters. The number of carbonyl (C=O) groups is 1. The summed E-state index contributed by atoms with van der Waals surface area (Å²) in [5.41, 5.74) is 0.785. The number of Topliss-reactive ketones (excluding diaryl/α,β-unsaturated/α-hetero) is 1. The number of benzene rings is 1. The Labute approximate surface area is 143 Å². The van der Waals surface area contributed by atoms with Crippen LogP contribution in [0.1, 0.15) is 23.2 Å². The first-order valence-electron chi connectivity index (χ1n) is 7.01. The van der Waals surface area contributed by atoms with Crippen molar-refractivity contribution in [2.45, 2.75) is 18.1 Å². The predicted octanol–water partition coefficient (Wildman–Crippen LogP) is 3.71. The molecule has 24 heavy (non-hydrogen) atoms. The van der Waals surface area contributed by atoms with Crippen LogP contribution in [0.15, 0.2) is 51.2 Å². The first-order valence-corrected chi connectivity index (χ1v) is 9.31. The average molecular weight is 362 g/mol. The van der Waals surface area contributed by atoms with Gasteiger partial charge in [-0.2, -0.15) is 0 Å². The second-order valence-electron chi connectivity index (χ2n) is 5.10. The lowest BCUT2D eigenvalue weighted by atomic mass is 10.1. The minimum atomic E-state index is -3.74. The number of carbonyl (C=O) groups excluding carboxylic acids is 1. The number of sulfonamides is 1. The summed E-state index contributed by atoms with van der Waals surface area (Å²) in [6.45, 7) is 3.15. The third kappa shape index (κ3) is 3.39. The maximum Gasteiger partial charge on any atom is 0.271 e. The van der Waals surface area contributed by atoms with Crippen LogP contribution in [0.25, 0.3) is 10.6 Å². The number of nitrogens with zero attached hydrogens (tertiary/aromatic N) is 1. The van der Waals surface area contributed by atoms with E-state index in [9.17, 15) is 13.2 Å². The van der Waals surface area contributed by atoms with Crippen molar-refractivity contribution >= 4 is 32.8 Å². The van der Waals surface area contributed by atoms with Crippen molar-refractivity contribution in [1.29, 1.82) is 0 Å². The van der Waals surface area contributed by atoms with Gasteiger partial charge in [0.05, 0.1) is 11.1 Å². The van der Waals surface area contributed by atoms with Crippen molar-refractivity contribution in [1.82, 2.24) is 4.98 Å². The normalized spacial score (nSPS) is 11.4. The molecule has 0 amide bonds. The molecule has 0 fully saturated rings. The van der Waals surface area contributed by atoms with Gasteiger partial charge in [0.15, 0.2) is 17.4 Å². The molecule has 1 aromatic carbocycles. The van der Waals surface area contributed by atoms with E-state index in [0.29, 0.717) is 27.8 Å². The van der Waals surface area contributed by atoms with Crippen LogP contribution in [0, 0.1) is 6.92 Å². The highest BCUT2D eigenvalue weighted by Gasteiger charge is 2.19. The van der Waals surface area contributed by atoms with Crippen molar-refractivity contribution in [3.63, 3.8) is 0 Å². The second kappa shape index (κ2) is 6.21. The highest BCUT2D eigenvalue weighted by atomic mass is 32.2. The first kappa shape index (κ1) is 16.4. The van der Waals surface area contributed by atoms with Gasteiger partial charge in [-0.3, -0.25) is 9.52 Å². The van der Waals surface area contributed by atoms with Crippen LogP contribution in [0.2, 0.25) is 0 Å². The van der Waals surface area contributed by atoms with E-state index in [1.165, 1.54) is 19.1 Å². The largest absolute Gasteiger partial charge is 0.440 e. The van der Waals surface area contributed by atoms with Gasteiger partial charge in [-0.05, 0) is 31.2 Å². The lowest BCUT2D eigenvalue weighted by Crippen LogP contribution is -2.11. The zero-order valence-corrected chi connectivity index (χ0v) is 14.6. The molecule has 0 aliphatic carbocycles. The fraction of sp³-hybridized carbons (Fsp3) is 0.125. The maximum absolute atomic E-state index is 12.5. The lowest BCUT2D eigenvalue weighted by Gasteiger charge is -2.07. The zero-order chi connectivity index (χ0) is 17.3. The van der Waals surface area contributed by atoms with E-state index in [1.807, 2.05) is 0 Å². The Hall–Kier alpha value is -2.45. The van der Waals surface area contributed by atoms with Crippen LogP contribution < -0.4 is 4.72 Å². The van der Waals surface area contributed by atoms with E-state index in [1.54, 1.807) is 37.4 Å². The number of oxazole rings is 1. The van der Waals surface area contributed by atoms with Crippen LogP contribution in [0.5, 0.6) is 0 Å². The highest BCUT2D eigenvalue weighted by Crippen LogP contribution is 2.32. The zero-order valence-electron chi connectivity index (χ0n) is 12.9. The summed E-state index contributed by atoms with van der Waals surface area (Å²) in [5, 5.41) is 0. The Morgan fingerprint density at radius 1 is 1.25 bits per heavy atom. The van der Waals surface area contributed by atoms with Crippen LogP contribution in [-0.4, -0.2) is 19.2 Å². The first-order chi connectivity index (χ1) is 11.3. The molecular formula is C16H14N2O4S2. The summed E-state index contributed by atoms with van der Waals surface area (Å²) in [7, 11) is -3.74. The van der Waals surface area contributed by atoms with Crippen molar-refractivity contribution < 1.29 is 17.6 Å². The number of ketones is 1. The molecule has 0 atom stereocenters. The Kier molecular flexibility index (Phi) is 4.25. The van der Waals surface area contributed by atoms with Gasteiger partial charge >= 0.3 is 0 Å². The minimum absolute atomic E-state index is 0.129. The molecule has 8 heteroatoms. The molecule has 3 rings (SSSR count). The average Bonchev–Trinajstić information content (AvgIpc) is 3.16. The van der Waals surface area contributed by atoms with Crippen LogP contribution in [0.3, 0.4) is 0 Å². The fourth-order valence-corrected chi connectivity index (χ4v) is 4.38. The predicted molar refractivity (Wildman–Crippen MR) is 91.8 cm³/mol. The summed E-state index contributed by atoms with van der Waals surface area (Å²) < 4.78 is 33.0. The number of aromatic nitrogens is 1. The highest BCUT2D eigenvalue weighted by molar-refractivity contribution is 7.94. The molecule has 3 aromatic rings. The molecule has 0 bridgehead atoms. The smallest absolute Gasteiger partial charge is 0.271 e. The Balaban J connectivity index is 1.87. The minimum Gasteiger partial charge on any atom is -0.440 e. The fourth-order valence-electron chi connectivity index (χ4n) is 2.08. The SMILES string of the molecule is CC(=O)c1cccc(NS(=O)(=O)c2ccc(-c3cnc(C)o3)s2)c1. The van der Waals surface area contributed by atoms with E-state index >= 15 is 0 Å². The molecule has 0 saturated heterocycles. The van der Waals surface area contributed by atoms with E-state index in [-0.39, 0.29) is 9.99 Å². The molecule has 0 spiro atoms. The standard InChI is InChI=1S/C16H14N2O4S2/c1-10(19)12-4-3-5-13(8-12)18-24(20,21)16-7-6-15(23-16)14-9-17-11(2)22-14/h3-9,18H,1-2H3. The summed E-state index contributed by atoms with van der Waals surface area (Å²) in [5.74, 6) is 0.912. The van der Waals surface area contributed by atoms with Crippen molar-refractivity contribution in [2.75, 3.05) is 4.72 Å². The molecule has 124 valence electrons. The molecule has 2 heterocycles. The molecule has 0 radical (unpaired) electrons. The van der Waals surface area contributed by atoms with Crippen molar-refractivity contribution in [3.05, 3.63) is 54.0 Å².